The van der Waals surface area contributed by atoms with Crippen LogP contribution in [-0.4, -0.2) is 10.4 Å². The van der Waals surface area contributed by atoms with E-state index in [1.807, 2.05) is 26.1 Å². The number of Topliss-reactive ketones (excluding diaryl/α,β-unsaturated/α-hetero) is 1. The van der Waals surface area contributed by atoms with Gasteiger partial charge in [0, 0.05) is 23.1 Å². The number of aromatic nitrogens is 1. The second-order valence-electron chi connectivity index (χ2n) is 4.16. The summed E-state index contributed by atoms with van der Waals surface area (Å²) in [7, 11) is 1.83. The monoisotopic (exact) mass is 293 g/mol. The van der Waals surface area contributed by atoms with Gasteiger partial charge in [0.1, 0.15) is 0 Å². The molecule has 0 aliphatic rings. The lowest BCUT2D eigenvalue weighted by molar-refractivity contribution is 0.101. The van der Waals surface area contributed by atoms with Crippen LogP contribution in [0.1, 0.15) is 22.8 Å². The van der Waals surface area contributed by atoms with Crippen molar-refractivity contribution in [2.75, 3.05) is 0 Å². The van der Waals surface area contributed by atoms with Crippen molar-refractivity contribution in [2.24, 2.45) is 7.05 Å². The first kappa shape index (κ1) is 12.0. The van der Waals surface area contributed by atoms with Gasteiger partial charge in [0.25, 0.3) is 0 Å². The van der Waals surface area contributed by atoms with Gasteiger partial charge in [0.05, 0.1) is 11.1 Å². The van der Waals surface area contributed by atoms with Crippen LogP contribution in [0, 0.1) is 6.92 Å². The van der Waals surface area contributed by atoms with Crippen molar-refractivity contribution in [3.63, 3.8) is 0 Å². The maximum Gasteiger partial charge on any atom is 0.200 e. The van der Waals surface area contributed by atoms with Gasteiger partial charge < -0.3 is 4.57 Å². The minimum absolute atomic E-state index is 0.193. The van der Waals surface area contributed by atoms with E-state index in [9.17, 15) is 9.59 Å². The van der Waals surface area contributed by atoms with E-state index in [0.717, 1.165) is 15.6 Å². The van der Waals surface area contributed by atoms with Gasteiger partial charge in [-0.15, -0.1) is 0 Å². The van der Waals surface area contributed by atoms with Crippen LogP contribution in [0.5, 0.6) is 0 Å². The van der Waals surface area contributed by atoms with Crippen LogP contribution in [0.3, 0.4) is 0 Å². The summed E-state index contributed by atoms with van der Waals surface area (Å²) in [6.45, 7) is 3.33. The molecule has 1 aromatic heterocycles. The number of aryl methyl sites for hydroxylation is 2. The third-order valence-corrected chi connectivity index (χ3v) is 3.70. The average Bonchev–Trinajstić information content (AvgIpc) is 2.25. The molecule has 3 nitrogen and oxygen atoms in total. The molecule has 0 bridgehead atoms. The summed E-state index contributed by atoms with van der Waals surface area (Å²) in [6, 6.07) is 3.71. The van der Waals surface area contributed by atoms with Crippen LogP contribution in [0.25, 0.3) is 10.9 Å². The molecule has 0 saturated heterocycles. The van der Waals surface area contributed by atoms with E-state index in [1.165, 1.54) is 6.92 Å². The summed E-state index contributed by atoms with van der Waals surface area (Å²) in [5, 5.41) is 0.584. The van der Waals surface area contributed by atoms with Crippen molar-refractivity contribution in [2.45, 2.75) is 13.8 Å². The van der Waals surface area contributed by atoms with Crippen LogP contribution in [0.15, 0.2) is 27.6 Å². The van der Waals surface area contributed by atoms with Gasteiger partial charge in [-0.05, 0) is 31.5 Å². The number of carbonyl (C=O) groups excluding carboxylic acids is 1. The molecule has 0 aliphatic carbocycles. The van der Waals surface area contributed by atoms with Crippen molar-refractivity contribution in [3.8, 4) is 0 Å². The molecule has 17 heavy (non-hydrogen) atoms. The Morgan fingerprint density at radius 2 is 2.00 bits per heavy atom. The van der Waals surface area contributed by atoms with E-state index in [1.54, 1.807) is 10.8 Å². The van der Waals surface area contributed by atoms with E-state index < -0.39 is 0 Å². The predicted octanol–water partition coefficient (Wildman–Crippen LogP) is 2.81. The van der Waals surface area contributed by atoms with Crippen LogP contribution >= 0.6 is 15.9 Å². The first-order valence-corrected chi connectivity index (χ1v) is 6.01. The van der Waals surface area contributed by atoms with Crippen molar-refractivity contribution >= 4 is 32.6 Å². The minimum Gasteiger partial charge on any atom is -0.350 e. The zero-order valence-electron chi connectivity index (χ0n) is 9.87. The maximum absolute atomic E-state index is 12.1. The fraction of sp³-hybridized carbons (Fsp3) is 0.231. The summed E-state index contributed by atoms with van der Waals surface area (Å²) >= 11 is 3.44. The molecule has 0 N–H and O–H groups in total. The van der Waals surface area contributed by atoms with Crippen LogP contribution in [-0.2, 0) is 7.05 Å². The number of rotatable bonds is 1. The maximum atomic E-state index is 12.1. The first-order valence-electron chi connectivity index (χ1n) is 5.22. The Bertz CT molecular complexity index is 686. The van der Waals surface area contributed by atoms with E-state index in [4.69, 9.17) is 0 Å². The van der Waals surface area contributed by atoms with Gasteiger partial charge in [-0.3, -0.25) is 9.59 Å². The topological polar surface area (TPSA) is 39.1 Å². The van der Waals surface area contributed by atoms with Crippen LogP contribution < -0.4 is 5.43 Å². The zero-order chi connectivity index (χ0) is 12.7. The van der Waals surface area contributed by atoms with Gasteiger partial charge in [-0.25, -0.2) is 0 Å². The molecule has 0 fully saturated rings. The lowest BCUT2D eigenvalue weighted by Gasteiger charge is -2.09. The summed E-state index contributed by atoms with van der Waals surface area (Å²) in [5.41, 5.74) is 1.84. The molecular weight excluding hydrogens is 282 g/mol. The number of carbonyl (C=O) groups is 1. The fourth-order valence-corrected chi connectivity index (χ4v) is 2.19. The summed E-state index contributed by atoms with van der Waals surface area (Å²) < 4.78 is 2.76. The second-order valence-corrected chi connectivity index (χ2v) is 5.01. The largest absolute Gasteiger partial charge is 0.350 e. The molecule has 0 unspecified atom stereocenters. The minimum atomic E-state index is -0.201. The molecule has 0 amide bonds. The summed E-state index contributed by atoms with van der Waals surface area (Å²) in [4.78, 5) is 23.5. The number of hydrogen-bond donors (Lipinski definition) is 0. The van der Waals surface area contributed by atoms with Gasteiger partial charge in [0.15, 0.2) is 11.2 Å². The molecular formula is C13H12BrNO2. The van der Waals surface area contributed by atoms with E-state index in [-0.39, 0.29) is 16.8 Å². The highest BCUT2D eigenvalue weighted by Crippen LogP contribution is 2.22. The van der Waals surface area contributed by atoms with Gasteiger partial charge in [-0.2, -0.15) is 0 Å². The molecule has 4 heteroatoms. The molecule has 2 aromatic rings. The third-order valence-electron chi connectivity index (χ3n) is 2.85. The lowest BCUT2D eigenvalue weighted by Crippen LogP contribution is -2.16. The zero-order valence-corrected chi connectivity index (χ0v) is 11.5. The number of ketones is 1. The van der Waals surface area contributed by atoms with E-state index in [0.29, 0.717) is 5.39 Å². The Labute approximate surface area is 107 Å². The van der Waals surface area contributed by atoms with Crippen LogP contribution in [0.2, 0.25) is 0 Å². The standard InChI is InChI=1S/C13H12BrNO2/c1-7-4-9-12(5-11(7)14)15(3)6-10(8(2)16)13(9)17/h4-6H,1-3H3. The van der Waals surface area contributed by atoms with Crippen molar-refractivity contribution in [1.82, 2.24) is 4.57 Å². The molecule has 0 saturated carbocycles. The smallest absolute Gasteiger partial charge is 0.200 e. The quantitative estimate of drug-likeness (QED) is 0.759. The summed E-state index contributed by atoms with van der Waals surface area (Å²) in [6.07, 6.45) is 1.59. The van der Waals surface area contributed by atoms with E-state index >= 15 is 0 Å². The first-order chi connectivity index (χ1) is 7.91. The van der Waals surface area contributed by atoms with Crippen molar-refractivity contribution in [1.29, 1.82) is 0 Å². The molecule has 2 rings (SSSR count). The number of nitrogens with zero attached hydrogens (tertiary/aromatic N) is 1. The predicted molar refractivity (Wildman–Crippen MR) is 71.6 cm³/mol. The number of benzene rings is 1. The average molecular weight is 294 g/mol. The number of hydrogen-bond acceptors (Lipinski definition) is 2. The molecule has 0 spiro atoms. The lowest BCUT2D eigenvalue weighted by atomic mass is 10.1. The highest BCUT2D eigenvalue weighted by Gasteiger charge is 2.12. The summed E-state index contributed by atoms with van der Waals surface area (Å²) in [5.74, 6) is -0.201. The van der Waals surface area contributed by atoms with Gasteiger partial charge in [0.2, 0.25) is 0 Å². The van der Waals surface area contributed by atoms with Gasteiger partial charge in [-0.1, -0.05) is 15.9 Å². The Balaban J connectivity index is 2.99. The number of halogens is 1. The number of fused-ring (bicyclic) bond motifs is 1. The van der Waals surface area contributed by atoms with Crippen LogP contribution in [0.4, 0.5) is 0 Å². The normalized spacial score (nSPS) is 10.8. The number of pyridine rings is 1. The Morgan fingerprint density at radius 1 is 1.35 bits per heavy atom. The molecule has 1 heterocycles. The Kier molecular flexibility index (Phi) is 2.91. The highest BCUT2D eigenvalue weighted by atomic mass is 79.9. The second kappa shape index (κ2) is 4.11. The van der Waals surface area contributed by atoms with Crippen molar-refractivity contribution in [3.05, 3.63) is 44.2 Å². The molecule has 1 aromatic carbocycles. The molecule has 0 radical (unpaired) electrons. The van der Waals surface area contributed by atoms with Crippen molar-refractivity contribution < 1.29 is 4.79 Å². The van der Waals surface area contributed by atoms with Gasteiger partial charge >= 0.3 is 0 Å². The van der Waals surface area contributed by atoms with E-state index in [2.05, 4.69) is 15.9 Å². The molecule has 88 valence electrons. The SMILES string of the molecule is CC(=O)c1cn(C)c2cc(Br)c(C)cc2c1=O. The Hall–Kier alpha value is -1.42. The third kappa shape index (κ3) is 1.93. The highest BCUT2D eigenvalue weighted by molar-refractivity contribution is 9.10. The Morgan fingerprint density at radius 3 is 2.59 bits per heavy atom. The molecule has 0 aliphatic heterocycles. The molecule has 0 atom stereocenters. The fourth-order valence-electron chi connectivity index (χ4n) is 1.86.